The SMILES string of the molecule is COc1ccccc1CN1CCN(S(=O)(=O)Cc2ccc(F)cc2)CC1. The highest BCUT2D eigenvalue weighted by Crippen LogP contribution is 2.21. The molecule has 7 heteroatoms. The van der Waals surface area contributed by atoms with Crippen LogP contribution in [-0.2, 0) is 22.3 Å². The molecule has 1 aliphatic heterocycles. The fourth-order valence-corrected chi connectivity index (χ4v) is 4.64. The van der Waals surface area contributed by atoms with E-state index >= 15 is 0 Å². The Morgan fingerprint density at radius 1 is 1.00 bits per heavy atom. The molecule has 26 heavy (non-hydrogen) atoms. The quantitative estimate of drug-likeness (QED) is 0.775. The van der Waals surface area contributed by atoms with Crippen LogP contribution in [0.15, 0.2) is 48.5 Å². The lowest BCUT2D eigenvalue weighted by molar-refractivity contribution is 0.180. The smallest absolute Gasteiger partial charge is 0.218 e. The molecular weight excluding hydrogens is 355 g/mol. The summed E-state index contributed by atoms with van der Waals surface area (Å²) in [4.78, 5) is 2.22. The summed E-state index contributed by atoms with van der Waals surface area (Å²) < 4.78 is 45.1. The Kier molecular flexibility index (Phi) is 5.90. The first-order valence-electron chi connectivity index (χ1n) is 8.54. The summed E-state index contributed by atoms with van der Waals surface area (Å²) in [7, 11) is -1.75. The van der Waals surface area contributed by atoms with Crippen LogP contribution in [0, 0.1) is 5.82 Å². The number of ether oxygens (including phenoxy) is 1. The van der Waals surface area contributed by atoms with Gasteiger partial charge in [-0.25, -0.2) is 12.8 Å². The minimum Gasteiger partial charge on any atom is -0.496 e. The van der Waals surface area contributed by atoms with Crippen molar-refractivity contribution in [3.63, 3.8) is 0 Å². The van der Waals surface area contributed by atoms with E-state index in [0.29, 0.717) is 31.7 Å². The molecule has 1 aliphatic rings. The van der Waals surface area contributed by atoms with Crippen molar-refractivity contribution in [1.82, 2.24) is 9.21 Å². The van der Waals surface area contributed by atoms with E-state index in [-0.39, 0.29) is 11.6 Å². The minimum atomic E-state index is -3.40. The molecule has 0 bridgehead atoms. The molecule has 0 aliphatic carbocycles. The van der Waals surface area contributed by atoms with Crippen LogP contribution < -0.4 is 4.74 Å². The number of nitrogens with zero attached hydrogens (tertiary/aromatic N) is 2. The minimum absolute atomic E-state index is 0.0974. The first kappa shape index (κ1) is 18.8. The van der Waals surface area contributed by atoms with Crippen LogP contribution in [0.4, 0.5) is 4.39 Å². The molecule has 3 rings (SSSR count). The molecule has 0 aromatic heterocycles. The van der Waals surface area contributed by atoms with Crippen molar-refractivity contribution < 1.29 is 17.5 Å². The van der Waals surface area contributed by atoms with Crippen LogP contribution in [0.2, 0.25) is 0 Å². The average molecular weight is 378 g/mol. The molecule has 0 radical (unpaired) electrons. The molecule has 2 aromatic rings. The van der Waals surface area contributed by atoms with Crippen LogP contribution in [0.25, 0.3) is 0 Å². The highest BCUT2D eigenvalue weighted by atomic mass is 32.2. The fourth-order valence-electron chi connectivity index (χ4n) is 3.12. The van der Waals surface area contributed by atoms with Gasteiger partial charge in [-0.05, 0) is 23.8 Å². The average Bonchev–Trinajstić information content (AvgIpc) is 2.64. The van der Waals surface area contributed by atoms with Gasteiger partial charge in [-0.3, -0.25) is 4.90 Å². The van der Waals surface area contributed by atoms with E-state index in [1.54, 1.807) is 7.11 Å². The molecular formula is C19H23FN2O3S. The number of benzene rings is 2. The largest absolute Gasteiger partial charge is 0.496 e. The van der Waals surface area contributed by atoms with Crippen molar-refractivity contribution in [3.8, 4) is 5.75 Å². The van der Waals surface area contributed by atoms with Gasteiger partial charge in [0.1, 0.15) is 11.6 Å². The summed E-state index contributed by atoms with van der Waals surface area (Å²) in [5.74, 6) is 0.384. The van der Waals surface area contributed by atoms with Crippen molar-refractivity contribution in [2.24, 2.45) is 0 Å². The molecule has 140 valence electrons. The van der Waals surface area contributed by atoms with Gasteiger partial charge in [0.2, 0.25) is 10.0 Å². The Morgan fingerprint density at radius 3 is 2.31 bits per heavy atom. The monoisotopic (exact) mass is 378 g/mol. The lowest BCUT2D eigenvalue weighted by atomic mass is 10.2. The Balaban J connectivity index is 1.58. The molecule has 2 aromatic carbocycles. The van der Waals surface area contributed by atoms with E-state index in [1.165, 1.54) is 28.6 Å². The predicted molar refractivity (Wildman–Crippen MR) is 98.9 cm³/mol. The van der Waals surface area contributed by atoms with Crippen LogP contribution in [0.3, 0.4) is 0 Å². The molecule has 0 amide bonds. The molecule has 0 saturated carbocycles. The van der Waals surface area contributed by atoms with Crippen LogP contribution >= 0.6 is 0 Å². The van der Waals surface area contributed by atoms with E-state index in [9.17, 15) is 12.8 Å². The molecule has 1 saturated heterocycles. The normalized spacial score (nSPS) is 16.5. The molecule has 5 nitrogen and oxygen atoms in total. The van der Waals surface area contributed by atoms with Gasteiger partial charge in [-0.15, -0.1) is 0 Å². The number of hydrogen-bond acceptors (Lipinski definition) is 4. The highest BCUT2D eigenvalue weighted by molar-refractivity contribution is 7.88. The number of halogens is 1. The fraction of sp³-hybridized carbons (Fsp3) is 0.368. The van der Waals surface area contributed by atoms with Gasteiger partial charge < -0.3 is 4.74 Å². The number of rotatable bonds is 6. The van der Waals surface area contributed by atoms with Crippen molar-refractivity contribution in [2.75, 3.05) is 33.3 Å². The van der Waals surface area contributed by atoms with Crippen LogP contribution in [0.1, 0.15) is 11.1 Å². The van der Waals surface area contributed by atoms with E-state index in [2.05, 4.69) is 4.90 Å². The van der Waals surface area contributed by atoms with E-state index in [4.69, 9.17) is 4.74 Å². The second-order valence-electron chi connectivity index (χ2n) is 6.37. The summed E-state index contributed by atoms with van der Waals surface area (Å²) in [5, 5.41) is 0. The third-order valence-corrected chi connectivity index (χ3v) is 6.42. The molecule has 0 atom stereocenters. The molecule has 0 unspecified atom stereocenters. The van der Waals surface area contributed by atoms with Crippen LogP contribution in [0.5, 0.6) is 5.75 Å². The van der Waals surface area contributed by atoms with Gasteiger partial charge in [0.05, 0.1) is 12.9 Å². The van der Waals surface area contributed by atoms with Gasteiger partial charge in [0.15, 0.2) is 0 Å². The lowest BCUT2D eigenvalue weighted by Gasteiger charge is -2.34. The predicted octanol–water partition coefficient (Wildman–Crippen LogP) is 2.48. The van der Waals surface area contributed by atoms with E-state index in [1.807, 2.05) is 24.3 Å². The van der Waals surface area contributed by atoms with Gasteiger partial charge in [0.25, 0.3) is 0 Å². The number of piperazine rings is 1. The second kappa shape index (κ2) is 8.16. The third-order valence-electron chi connectivity index (χ3n) is 4.57. The van der Waals surface area contributed by atoms with E-state index < -0.39 is 10.0 Å². The summed E-state index contributed by atoms with van der Waals surface area (Å²) in [6.07, 6.45) is 0. The highest BCUT2D eigenvalue weighted by Gasteiger charge is 2.27. The summed E-state index contributed by atoms with van der Waals surface area (Å²) in [6, 6.07) is 13.5. The number of para-hydroxylation sites is 1. The van der Waals surface area contributed by atoms with Gasteiger partial charge in [0, 0.05) is 38.3 Å². The standard InChI is InChI=1S/C19H23FN2O3S/c1-25-19-5-3-2-4-17(19)14-21-10-12-22(13-11-21)26(23,24)15-16-6-8-18(20)9-7-16/h2-9H,10-15H2,1H3. The number of methoxy groups -OCH3 is 1. The first-order valence-corrected chi connectivity index (χ1v) is 10.2. The van der Waals surface area contributed by atoms with Crippen LogP contribution in [-0.4, -0.2) is 50.9 Å². The topological polar surface area (TPSA) is 49.9 Å². The van der Waals surface area contributed by atoms with E-state index in [0.717, 1.165) is 17.9 Å². The second-order valence-corrected chi connectivity index (χ2v) is 8.34. The summed E-state index contributed by atoms with van der Waals surface area (Å²) >= 11 is 0. The molecule has 1 heterocycles. The third kappa shape index (κ3) is 4.60. The Bertz CT molecular complexity index is 832. The van der Waals surface area contributed by atoms with Gasteiger partial charge >= 0.3 is 0 Å². The molecule has 1 fully saturated rings. The maximum Gasteiger partial charge on any atom is 0.218 e. The Hall–Kier alpha value is -1.96. The lowest BCUT2D eigenvalue weighted by Crippen LogP contribution is -2.48. The maximum absolute atomic E-state index is 13.0. The Labute approximate surface area is 154 Å². The number of hydrogen-bond donors (Lipinski definition) is 0. The number of sulfonamides is 1. The van der Waals surface area contributed by atoms with Crippen molar-refractivity contribution >= 4 is 10.0 Å². The van der Waals surface area contributed by atoms with Crippen molar-refractivity contribution in [3.05, 3.63) is 65.5 Å². The Morgan fingerprint density at radius 2 is 1.65 bits per heavy atom. The molecule has 0 N–H and O–H groups in total. The maximum atomic E-state index is 13.0. The summed E-state index contributed by atoms with van der Waals surface area (Å²) in [6.45, 7) is 2.98. The van der Waals surface area contributed by atoms with Gasteiger partial charge in [-0.1, -0.05) is 30.3 Å². The molecule has 0 spiro atoms. The zero-order valence-electron chi connectivity index (χ0n) is 14.8. The van der Waals surface area contributed by atoms with Crippen molar-refractivity contribution in [2.45, 2.75) is 12.3 Å². The first-order chi connectivity index (χ1) is 12.5. The summed E-state index contributed by atoms with van der Waals surface area (Å²) in [5.41, 5.74) is 1.69. The van der Waals surface area contributed by atoms with Crippen molar-refractivity contribution in [1.29, 1.82) is 0 Å². The zero-order valence-corrected chi connectivity index (χ0v) is 15.6. The van der Waals surface area contributed by atoms with Gasteiger partial charge in [-0.2, -0.15) is 4.31 Å². The zero-order chi connectivity index (χ0) is 18.6.